The number of ether oxygens (including phenoxy) is 1. The van der Waals surface area contributed by atoms with Crippen molar-refractivity contribution >= 4 is 22.6 Å². The molecule has 8 nitrogen and oxygen atoms in total. The van der Waals surface area contributed by atoms with Crippen LogP contribution in [-0.2, 0) is 11.3 Å². The van der Waals surface area contributed by atoms with Crippen LogP contribution in [0.2, 0.25) is 0 Å². The second-order valence-electron chi connectivity index (χ2n) is 7.24. The predicted molar refractivity (Wildman–Crippen MR) is 114 cm³/mol. The molecular weight excluding hydrogens is 439 g/mol. The van der Waals surface area contributed by atoms with Crippen LogP contribution in [0.5, 0.6) is 5.75 Å². The molecule has 0 aliphatic carbocycles. The molecule has 2 aromatic carbocycles. The molecule has 0 aliphatic heterocycles. The summed E-state index contributed by atoms with van der Waals surface area (Å²) < 4.78 is 43.3. The molecular formula is C22H18F3N5O3. The molecule has 1 N–H and O–H groups in total. The zero-order valence-electron chi connectivity index (χ0n) is 17.3. The number of rotatable bonds is 6. The smallest absolute Gasteiger partial charge is 0.406 e. The van der Waals surface area contributed by atoms with Gasteiger partial charge in [0.05, 0.1) is 18.2 Å². The number of benzene rings is 2. The van der Waals surface area contributed by atoms with E-state index < -0.39 is 18.0 Å². The molecule has 0 aliphatic rings. The van der Waals surface area contributed by atoms with Crippen LogP contribution in [0.15, 0.2) is 65.8 Å². The Bertz CT molecular complexity index is 1340. The Hall–Kier alpha value is -4.15. The highest BCUT2D eigenvalue weighted by Gasteiger charge is 2.30. The lowest BCUT2D eigenvalue weighted by Crippen LogP contribution is -2.23. The minimum absolute atomic E-state index is 0.0417. The fourth-order valence-electron chi connectivity index (χ4n) is 3.17. The molecule has 2 aromatic heterocycles. The summed E-state index contributed by atoms with van der Waals surface area (Å²) in [6, 6.07) is 12.4. The van der Waals surface area contributed by atoms with Gasteiger partial charge in [0.15, 0.2) is 5.65 Å². The highest BCUT2D eigenvalue weighted by Crippen LogP contribution is 2.24. The standard InChI is InChI=1S/C22H18F3N5O3/c1-14-2-6-16(7-3-14)30-20-18(12-27-30)21(32)29(13-26-20)11-10-19(31)28-15-4-8-17(9-5-15)33-22(23,24)25/h2-9,12-13H,10-11H2,1H3,(H,28,31). The minimum Gasteiger partial charge on any atom is -0.406 e. The van der Waals surface area contributed by atoms with Crippen molar-refractivity contribution < 1.29 is 22.7 Å². The molecule has 4 aromatic rings. The molecule has 0 bridgehead atoms. The Morgan fingerprint density at radius 3 is 2.45 bits per heavy atom. The first-order valence-corrected chi connectivity index (χ1v) is 9.85. The first-order valence-electron chi connectivity index (χ1n) is 9.85. The van der Waals surface area contributed by atoms with Gasteiger partial charge < -0.3 is 10.1 Å². The lowest BCUT2D eigenvalue weighted by atomic mass is 10.2. The van der Waals surface area contributed by atoms with Crippen LogP contribution >= 0.6 is 0 Å². The summed E-state index contributed by atoms with van der Waals surface area (Å²) in [4.78, 5) is 29.3. The number of nitrogens with one attached hydrogen (secondary N) is 1. The van der Waals surface area contributed by atoms with Crippen molar-refractivity contribution in [3.8, 4) is 11.4 Å². The van der Waals surface area contributed by atoms with Crippen LogP contribution < -0.4 is 15.6 Å². The largest absolute Gasteiger partial charge is 0.573 e. The fraction of sp³-hybridized carbons (Fsp3) is 0.182. The number of nitrogens with zero attached hydrogens (tertiary/aromatic N) is 4. The Labute approximate surface area is 185 Å². The van der Waals surface area contributed by atoms with E-state index in [1.807, 2.05) is 31.2 Å². The first kappa shape index (κ1) is 22.1. The van der Waals surface area contributed by atoms with Crippen LogP contribution in [-0.4, -0.2) is 31.6 Å². The average Bonchev–Trinajstić information content (AvgIpc) is 3.19. The summed E-state index contributed by atoms with van der Waals surface area (Å²) in [6.45, 7) is 2.04. The number of alkyl halides is 3. The number of halogens is 3. The SMILES string of the molecule is Cc1ccc(-n2ncc3c(=O)n(CCC(=O)Nc4ccc(OC(F)(F)F)cc4)cnc32)cc1. The van der Waals surface area contributed by atoms with Crippen LogP contribution in [0.4, 0.5) is 18.9 Å². The molecule has 2 heterocycles. The molecule has 0 unspecified atom stereocenters. The number of amides is 1. The number of hydrogen-bond acceptors (Lipinski definition) is 5. The van der Waals surface area contributed by atoms with E-state index in [-0.39, 0.29) is 18.5 Å². The Morgan fingerprint density at radius 2 is 1.79 bits per heavy atom. The minimum atomic E-state index is -4.79. The fourth-order valence-corrected chi connectivity index (χ4v) is 3.17. The summed E-state index contributed by atoms with van der Waals surface area (Å²) in [5, 5.41) is 7.14. The number of fused-ring (bicyclic) bond motifs is 1. The molecule has 0 spiro atoms. The van der Waals surface area contributed by atoms with E-state index in [2.05, 4.69) is 20.1 Å². The maximum Gasteiger partial charge on any atom is 0.573 e. The van der Waals surface area contributed by atoms with Gasteiger partial charge in [0.25, 0.3) is 5.56 Å². The normalized spacial score (nSPS) is 11.5. The van der Waals surface area contributed by atoms with Gasteiger partial charge >= 0.3 is 6.36 Å². The summed E-state index contributed by atoms with van der Waals surface area (Å²) in [5.74, 6) is -0.806. The molecule has 1 amide bonds. The van der Waals surface area contributed by atoms with Gasteiger partial charge in [0.1, 0.15) is 11.1 Å². The number of carbonyl (C=O) groups is 1. The second kappa shape index (κ2) is 8.77. The molecule has 4 rings (SSSR count). The maximum atomic E-state index is 12.8. The quantitative estimate of drug-likeness (QED) is 0.475. The third-order valence-corrected chi connectivity index (χ3v) is 4.78. The summed E-state index contributed by atoms with van der Waals surface area (Å²) in [7, 11) is 0. The lowest BCUT2D eigenvalue weighted by molar-refractivity contribution is -0.274. The predicted octanol–water partition coefficient (Wildman–Crippen LogP) is 3.82. The van der Waals surface area contributed by atoms with E-state index in [9.17, 15) is 22.8 Å². The van der Waals surface area contributed by atoms with E-state index in [1.54, 1.807) is 4.68 Å². The Balaban J connectivity index is 1.42. The van der Waals surface area contributed by atoms with Gasteiger partial charge in [-0.3, -0.25) is 14.2 Å². The number of hydrogen-bond donors (Lipinski definition) is 1. The van der Waals surface area contributed by atoms with E-state index in [0.29, 0.717) is 16.7 Å². The zero-order chi connectivity index (χ0) is 23.6. The number of aryl methyl sites for hydroxylation is 2. The van der Waals surface area contributed by atoms with E-state index in [4.69, 9.17) is 0 Å². The molecule has 170 valence electrons. The van der Waals surface area contributed by atoms with Crippen molar-refractivity contribution in [3.05, 3.63) is 77.0 Å². The van der Waals surface area contributed by atoms with Crippen LogP contribution in [0, 0.1) is 6.92 Å². The van der Waals surface area contributed by atoms with Gasteiger partial charge in [-0.25, -0.2) is 9.67 Å². The molecule has 11 heteroatoms. The first-order chi connectivity index (χ1) is 15.7. The van der Waals surface area contributed by atoms with Gasteiger partial charge in [-0.1, -0.05) is 17.7 Å². The Kier molecular flexibility index (Phi) is 5.86. The average molecular weight is 457 g/mol. The summed E-state index contributed by atoms with van der Waals surface area (Å²) in [5.41, 5.74) is 2.24. The van der Waals surface area contributed by atoms with Crippen LogP contribution in [0.25, 0.3) is 16.7 Å². The molecule has 0 saturated carbocycles. The molecule has 0 saturated heterocycles. The highest BCUT2D eigenvalue weighted by molar-refractivity contribution is 5.90. The van der Waals surface area contributed by atoms with Crippen molar-refractivity contribution in [2.45, 2.75) is 26.3 Å². The highest BCUT2D eigenvalue weighted by atomic mass is 19.4. The van der Waals surface area contributed by atoms with Gasteiger partial charge in [-0.05, 0) is 43.3 Å². The topological polar surface area (TPSA) is 91.0 Å². The van der Waals surface area contributed by atoms with E-state index >= 15 is 0 Å². The number of anilines is 1. The summed E-state index contributed by atoms with van der Waals surface area (Å²) in [6.07, 6.45) is -2.04. The van der Waals surface area contributed by atoms with E-state index in [1.165, 1.54) is 29.2 Å². The zero-order valence-corrected chi connectivity index (χ0v) is 17.3. The number of aromatic nitrogens is 4. The second-order valence-corrected chi connectivity index (χ2v) is 7.24. The van der Waals surface area contributed by atoms with Gasteiger partial charge in [0.2, 0.25) is 5.91 Å². The van der Waals surface area contributed by atoms with Crippen molar-refractivity contribution in [2.75, 3.05) is 5.32 Å². The number of carbonyl (C=O) groups excluding carboxylic acids is 1. The van der Waals surface area contributed by atoms with E-state index in [0.717, 1.165) is 23.4 Å². The van der Waals surface area contributed by atoms with Crippen molar-refractivity contribution in [1.29, 1.82) is 0 Å². The van der Waals surface area contributed by atoms with Crippen molar-refractivity contribution in [2.24, 2.45) is 0 Å². The van der Waals surface area contributed by atoms with Crippen molar-refractivity contribution in [3.63, 3.8) is 0 Å². The van der Waals surface area contributed by atoms with Gasteiger partial charge in [-0.2, -0.15) is 5.10 Å². The molecule has 33 heavy (non-hydrogen) atoms. The van der Waals surface area contributed by atoms with Gasteiger partial charge in [-0.15, -0.1) is 13.2 Å². The molecule has 0 radical (unpaired) electrons. The van der Waals surface area contributed by atoms with Crippen LogP contribution in [0.1, 0.15) is 12.0 Å². The third kappa shape index (κ3) is 5.20. The van der Waals surface area contributed by atoms with Crippen molar-refractivity contribution in [1.82, 2.24) is 19.3 Å². The monoisotopic (exact) mass is 457 g/mol. The molecule has 0 fully saturated rings. The summed E-state index contributed by atoms with van der Waals surface area (Å²) >= 11 is 0. The van der Waals surface area contributed by atoms with Gasteiger partial charge in [0, 0.05) is 18.7 Å². The van der Waals surface area contributed by atoms with Crippen LogP contribution in [0.3, 0.4) is 0 Å². The molecule has 0 atom stereocenters. The Morgan fingerprint density at radius 1 is 1.09 bits per heavy atom. The third-order valence-electron chi connectivity index (χ3n) is 4.78. The lowest BCUT2D eigenvalue weighted by Gasteiger charge is -2.10. The maximum absolute atomic E-state index is 12.8.